The predicted octanol–water partition coefficient (Wildman–Crippen LogP) is 2.26. The SMILES string of the molecule is CC(C)(F)S(=O)(=O)O.CC(C)(F)S(=O)(=O)O.Oc1ccc(O)cc1. The van der Waals surface area contributed by atoms with Crippen LogP contribution in [0.2, 0.25) is 0 Å². The molecule has 0 bridgehead atoms. The van der Waals surface area contributed by atoms with Gasteiger partial charge in [-0.2, -0.15) is 16.8 Å². The molecule has 1 aromatic carbocycles. The Hall–Kier alpha value is -1.50. The number of hydrogen-bond donors (Lipinski definition) is 4. The number of phenolic OH excluding ortho intramolecular Hbond substituents is 2. The molecule has 1 rings (SSSR count). The van der Waals surface area contributed by atoms with Crippen LogP contribution in [-0.4, -0.2) is 46.2 Å². The summed E-state index contributed by atoms with van der Waals surface area (Å²) < 4.78 is 79.4. The van der Waals surface area contributed by atoms with E-state index < -0.39 is 30.2 Å². The van der Waals surface area contributed by atoms with Gasteiger partial charge in [-0.3, -0.25) is 9.11 Å². The lowest BCUT2D eigenvalue weighted by molar-refractivity contribution is 0.290. The summed E-state index contributed by atoms with van der Waals surface area (Å²) in [5, 5.41) is 12.2. The van der Waals surface area contributed by atoms with Crippen LogP contribution in [0, 0.1) is 0 Å². The molecule has 4 N–H and O–H groups in total. The van der Waals surface area contributed by atoms with E-state index in [-0.39, 0.29) is 11.5 Å². The van der Waals surface area contributed by atoms with Gasteiger partial charge in [0.05, 0.1) is 0 Å². The minimum absolute atomic E-state index is 0.169. The van der Waals surface area contributed by atoms with E-state index in [2.05, 4.69) is 0 Å². The van der Waals surface area contributed by atoms with E-state index in [1.807, 2.05) is 0 Å². The average Bonchev–Trinajstić information content (AvgIpc) is 2.29. The number of halogens is 2. The fraction of sp³-hybridized carbons (Fsp3) is 0.500. The van der Waals surface area contributed by atoms with Crippen molar-refractivity contribution >= 4 is 20.2 Å². The molecule has 0 aliphatic rings. The summed E-state index contributed by atoms with van der Waals surface area (Å²) in [5.41, 5.74) is 0. The zero-order valence-electron chi connectivity index (χ0n) is 13.3. The fourth-order valence-electron chi connectivity index (χ4n) is 0.453. The monoisotopic (exact) mass is 394 g/mol. The van der Waals surface area contributed by atoms with Gasteiger partial charge in [0.25, 0.3) is 20.2 Å². The van der Waals surface area contributed by atoms with Gasteiger partial charge in [-0.25, -0.2) is 8.78 Å². The molecule has 0 radical (unpaired) electrons. The topological polar surface area (TPSA) is 149 Å². The largest absolute Gasteiger partial charge is 0.508 e. The number of hydrogen-bond acceptors (Lipinski definition) is 6. The maximum atomic E-state index is 12.1. The van der Waals surface area contributed by atoms with Gasteiger partial charge in [-0.05, 0) is 52.0 Å². The average molecular weight is 394 g/mol. The smallest absolute Gasteiger partial charge is 0.299 e. The van der Waals surface area contributed by atoms with E-state index in [4.69, 9.17) is 19.3 Å². The Morgan fingerprint density at radius 2 is 0.833 bits per heavy atom. The molecule has 0 aromatic heterocycles. The van der Waals surface area contributed by atoms with Crippen LogP contribution in [-0.2, 0) is 20.2 Å². The Labute approximate surface area is 139 Å². The molecular formula is C12H20F2O8S2. The van der Waals surface area contributed by atoms with Crippen LogP contribution in [0.4, 0.5) is 8.78 Å². The molecule has 0 amide bonds. The standard InChI is InChI=1S/C6H6O2.2C3H7FO3S/c7-5-1-2-6(8)4-3-5;2*1-3(2,4)8(5,6)7/h1-4,7-8H;2*1-2H3,(H,5,6,7). The maximum Gasteiger partial charge on any atom is 0.299 e. The highest BCUT2D eigenvalue weighted by molar-refractivity contribution is 7.87. The number of benzene rings is 1. The van der Waals surface area contributed by atoms with Crippen molar-refractivity contribution in [2.45, 2.75) is 37.7 Å². The van der Waals surface area contributed by atoms with Gasteiger partial charge in [0.1, 0.15) is 11.5 Å². The Balaban J connectivity index is 0. The molecule has 0 aliphatic carbocycles. The summed E-state index contributed by atoms with van der Waals surface area (Å²) in [6.45, 7) is 3.06. The van der Waals surface area contributed by atoms with Crippen molar-refractivity contribution < 1.29 is 44.9 Å². The van der Waals surface area contributed by atoms with E-state index in [1.165, 1.54) is 24.3 Å². The zero-order valence-corrected chi connectivity index (χ0v) is 14.9. The Morgan fingerprint density at radius 1 is 0.708 bits per heavy atom. The molecule has 0 atom stereocenters. The van der Waals surface area contributed by atoms with Gasteiger partial charge in [-0.1, -0.05) is 0 Å². The summed E-state index contributed by atoms with van der Waals surface area (Å²) in [6.07, 6.45) is 0. The predicted molar refractivity (Wildman–Crippen MR) is 83.2 cm³/mol. The molecule has 0 unspecified atom stereocenters. The first-order valence-corrected chi connectivity index (χ1v) is 8.97. The Bertz CT molecular complexity index is 636. The summed E-state index contributed by atoms with van der Waals surface area (Å²) in [7, 11) is -9.01. The van der Waals surface area contributed by atoms with E-state index in [9.17, 15) is 25.6 Å². The van der Waals surface area contributed by atoms with Crippen molar-refractivity contribution in [1.29, 1.82) is 0 Å². The fourth-order valence-corrected chi connectivity index (χ4v) is 0.453. The quantitative estimate of drug-likeness (QED) is 0.441. The van der Waals surface area contributed by atoms with Crippen LogP contribution >= 0.6 is 0 Å². The number of alkyl halides is 2. The van der Waals surface area contributed by atoms with Crippen LogP contribution in [0.3, 0.4) is 0 Å². The third-order valence-corrected chi connectivity index (χ3v) is 4.53. The van der Waals surface area contributed by atoms with E-state index in [0.29, 0.717) is 0 Å². The third kappa shape index (κ3) is 11.1. The van der Waals surface area contributed by atoms with Crippen molar-refractivity contribution in [2.75, 3.05) is 0 Å². The van der Waals surface area contributed by atoms with Crippen LogP contribution in [0.15, 0.2) is 24.3 Å². The van der Waals surface area contributed by atoms with Crippen LogP contribution in [0.1, 0.15) is 27.7 Å². The molecule has 12 heteroatoms. The first kappa shape index (κ1) is 24.7. The molecule has 0 fully saturated rings. The van der Waals surface area contributed by atoms with Crippen molar-refractivity contribution in [3.63, 3.8) is 0 Å². The molecule has 1 aromatic rings. The second-order valence-corrected chi connectivity index (χ2v) is 9.04. The Morgan fingerprint density at radius 3 is 0.917 bits per heavy atom. The van der Waals surface area contributed by atoms with Crippen LogP contribution < -0.4 is 0 Å². The summed E-state index contributed by atoms with van der Waals surface area (Å²) in [6, 6.07) is 5.70. The molecule has 24 heavy (non-hydrogen) atoms. The lowest BCUT2D eigenvalue weighted by atomic mass is 10.3. The molecule has 0 aliphatic heterocycles. The summed E-state index contributed by atoms with van der Waals surface area (Å²) in [5.74, 6) is 0.339. The number of aromatic hydroxyl groups is 2. The van der Waals surface area contributed by atoms with Gasteiger partial charge < -0.3 is 10.2 Å². The summed E-state index contributed by atoms with van der Waals surface area (Å²) >= 11 is 0. The minimum atomic E-state index is -4.51. The van der Waals surface area contributed by atoms with Gasteiger partial charge >= 0.3 is 0 Å². The van der Waals surface area contributed by atoms with Crippen LogP contribution in [0.25, 0.3) is 0 Å². The summed E-state index contributed by atoms with van der Waals surface area (Å²) in [4.78, 5) is 0. The highest BCUT2D eigenvalue weighted by Crippen LogP contribution is 2.15. The van der Waals surface area contributed by atoms with Crippen molar-refractivity contribution in [3.8, 4) is 11.5 Å². The van der Waals surface area contributed by atoms with Gasteiger partial charge in [0, 0.05) is 0 Å². The lowest BCUT2D eigenvalue weighted by Gasteiger charge is -2.07. The van der Waals surface area contributed by atoms with Gasteiger partial charge in [0.15, 0.2) is 0 Å². The minimum Gasteiger partial charge on any atom is -0.508 e. The van der Waals surface area contributed by atoms with E-state index >= 15 is 0 Å². The molecule has 0 saturated heterocycles. The van der Waals surface area contributed by atoms with Gasteiger partial charge in [0.2, 0.25) is 10.0 Å². The molecular weight excluding hydrogens is 374 g/mol. The van der Waals surface area contributed by atoms with E-state index in [0.717, 1.165) is 27.7 Å². The van der Waals surface area contributed by atoms with Crippen molar-refractivity contribution in [1.82, 2.24) is 0 Å². The molecule has 0 heterocycles. The number of phenols is 2. The Kier molecular flexibility index (Phi) is 8.82. The highest BCUT2D eigenvalue weighted by Gasteiger charge is 2.32. The third-order valence-electron chi connectivity index (χ3n) is 2.08. The molecule has 8 nitrogen and oxygen atoms in total. The molecule has 142 valence electrons. The second-order valence-electron chi connectivity index (χ2n) is 5.19. The zero-order chi connectivity index (χ0) is 20.0. The van der Waals surface area contributed by atoms with E-state index in [1.54, 1.807) is 0 Å². The molecule has 0 spiro atoms. The normalized spacial score (nSPS) is 12.3. The second kappa shape index (κ2) is 8.55. The number of rotatable bonds is 2. The maximum absolute atomic E-state index is 12.1. The molecule has 0 saturated carbocycles. The first-order chi connectivity index (χ1) is 10.3. The highest BCUT2D eigenvalue weighted by atomic mass is 32.2. The van der Waals surface area contributed by atoms with Gasteiger partial charge in [-0.15, -0.1) is 0 Å². The first-order valence-electron chi connectivity index (χ1n) is 6.09. The lowest BCUT2D eigenvalue weighted by Crippen LogP contribution is -2.24. The van der Waals surface area contributed by atoms with Crippen molar-refractivity contribution in [3.05, 3.63) is 24.3 Å². The van der Waals surface area contributed by atoms with Crippen LogP contribution in [0.5, 0.6) is 11.5 Å². The van der Waals surface area contributed by atoms with Crippen molar-refractivity contribution in [2.24, 2.45) is 0 Å².